The maximum atomic E-state index is 13.2. The van der Waals surface area contributed by atoms with E-state index in [4.69, 9.17) is 16.0 Å². The Labute approximate surface area is 182 Å². The summed E-state index contributed by atoms with van der Waals surface area (Å²) in [5.74, 6) is 2.39. The lowest BCUT2D eigenvalue weighted by atomic mass is 10.2. The molecule has 0 radical (unpaired) electrons. The number of carbonyl (C=O) groups is 3. The van der Waals surface area contributed by atoms with Crippen molar-refractivity contribution >= 4 is 34.9 Å². The lowest BCUT2D eigenvalue weighted by Gasteiger charge is -2.05. The zero-order valence-electron chi connectivity index (χ0n) is 16.3. The zero-order valence-corrected chi connectivity index (χ0v) is 17.0. The van der Waals surface area contributed by atoms with E-state index in [2.05, 4.69) is 22.5 Å². The van der Waals surface area contributed by atoms with E-state index in [1.165, 1.54) is 25.1 Å². The minimum Gasteiger partial charge on any atom is -0.457 e. The fourth-order valence-corrected chi connectivity index (χ4v) is 2.76. The lowest BCUT2D eigenvalue weighted by Crippen LogP contribution is -2.31. The predicted octanol–water partition coefficient (Wildman–Crippen LogP) is 3.98. The van der Waals surface area contributed by atoms with Gasteiger partial charge in [0.05, 0.1) is 17.1 Å². The smallest absolute Gasteiger partial charge is 0.296 e. The van der Waals surface area contributed by atoms with Crippen molar-refractivity contribution < 1.29 is 23.2 Å². The molecule has 156 valence electrons. The Morgan fingerprint density at radius 3 is 2.55 bits per heavy atom. The number of aryl methyl sites for hydroxylation is 1. The average molecular weight is 439 g/mol. The summed E-state index contributed by atoms with van der Waals surface area (Å²) in [6.07, 6.45) is 0. The quantitative estimate of drug-likeness (QED) is 0.358. The molecule has 3 rings (SSSR count). The molecule has 2 aromatic carbocycles. The van der Waals surface area contributed by atoms with Crippen molar-refractivity contribution in [2.45, 2.75) is 6.92 Å². The molecule has 0 atom stereocenters. The molecule has 0 unspecified atom stereocenters. The number of nitrogens with one attached hydrogen (secondary N) is 2. The van der Waals surface area contributed by atoms with E-state index in [9.17, 15) is 18.8 Å². The fourth-order valence-electron chi connectivity index (χ4n) is 2.58. The van der Waals surface area contributed by atoms with Crippen molar-refractivity contribution in [2.24, 2.45) is 0 Å². The number of hydrogen-bond acceptors (Lipinski definition) is 4. The van der Waals surface area contributed by atoms with Gasteiger partial charge in [0.25, 0.3) is 17.6 Å². The van der Waals surface area contributed by atoms with Crippen molar-refractivity contribution in [1.82, 2.24) is 5.32 Å². The molecule has 0 fully saturated rings. The van der Waals surface area contributed by atoms with Gasteiger partial charge < -0.3 is 15.1 Å². The summed E-state index contributed by atoms with van der Waals surface area (Å²) in [6, 6.07) is 14.0. The minimum absolute atomic E-state index is 0.0299. The zero-order chi connectivity index (χ0) is 22.4. The SMILES string of the molecule is Cc1oc(C(=O)C(=O)NCC#Cc2ccccc2)cc1C(=O)Nc1ccc(F)c(Cl)c1. The largest absolute Gasteiger partial charge is 0.457 e. The van der Waals surface area contributed by atoms with E-state index in [-0.39, 0.29) is 34.3 Å². The van der Waals surface area contributed by atoms with Gasteiger partial charge in [0, 0.05) is 17.3 Å². The summed E-state index contributed by atoms with van der Waals surface area (Å²) in [6.45, 7) is 1.45. The maximum absolute atomic E-state index is 13.2. The van der Waals surface area contributed by atoms with Crippen LogP contribution < -0.4 is 10.6 Å². The molecular formula is C23H16ClFN2O4. The van der Waals surface area contributed by atoms with Crippen LogP contribution in [-0.2, 0) is 4.79 Å². The molecule has 1 heterocycles. The second kappa shape index (κ2) is 9.74. The van der Waals surface area contributed by atoms with Crippen LogP contribution in [0.1, 0.15) is 32.2 Å². The summed E-state index contributed by atoms with van der Waals surface area (Å²) in [7, 11) is 0. The van der Waals surface area contributed by atoms with Gasteiger partial charge in [-0.15, -0.1) is 0 Å². The minimum atomic E-state index is -0.937. The van der Waals surface area contributed by atoms with Crippen LogP contribution >= 0.6 is 11.6 Å². The second-order valence-electron chi connectivity index (χ2n) is 6.34. The summed E-state index contributed by atoms with van der Waals surface area (Å²) >= 11 is 5.70. The van der Waals surface area contributed by atoms with Crippen LogP contribution in [0.15, 0.2) is 59.0 Å². The molecule has 8 heteroatoms. The molecule has 0 spiro atoms. The third-order valence-corrected chi connectivity index (χ3v) is 4.40. The normalized spacial score (nSPS) is 10.0. The van der Waals surface area contributed by atoms with Crippen molar-refractivity contribution in [3.63, 3.8) is 0 Å². The van der Waals surface area contributed by atoms with E-state index in [1.807, 2.05) is 30.3 Å². The molecule has 0 aliphatic carbocycles. The fraction of sp³-hybridized carbons (Fsp3) is 0.0870. The van der Waals surface area contributed by atoms with Gasteiger partial charge in [0.15, 0.2) is 5.76 Å². The van der Waals surface area contributed by atoms with Crippen LogP contribution in [0, 0.1) is 24.6 Å². The molecule has 2 amide bonds. The van der Waals surface area contributed by atoms with E-state index >= 15 is 0 Å². The number of benzene rings is 2. The van der Waals surface area contributed by atoms with Gasteiger partial charge in [0.2, 0.25) is 0 Å². The van der Waals surface area contributed by atoms with Crippen molar-refractivity contribution in [3.8, 4) is 11.8 Å². The highest BCUT2D eigenvalue weighted by molar-refractivity contribution is 6.42. The van der Waals surface area contributed by atoms with Gasteiger partial charge >= 0.3 is 0 Å². The Hall–Kier alpha value is -3.89. The van der Waals surface area contributed by atoms with Crippen LogP contribution in [0.3, 0.4) is 0 Å². The van der Waals surface area contributed by atoms with Crippen LogP contribution in [0.4, 0.5) is 10.1 Å². The average Bonchev–Trinajstić information content (AvgIpc) is 3.15. The molecule has 0 saturated heterocycles. The highest BCUT2D eigenvalue weighted by atomic mass is 35.5. The van der Waals surface area contributed by atoms with Gasteiger partial charge in [-0.1, -0.05) is 41.6 Å². The van der Waals surface area contributed by atoms with Crippen LogP contribution in [0.5, 0.6) is 0 Å². The van der Waals surface area contributed by atoms with Gasteiger partial charge in [-0.25, -0.2) is 4.39 Å². The standard InChI is InChI=1S/C23H16ClFN2O4/c1-14-17(22(29)27-16-9-10-19(25)18(24)12-16)13-20(31-14)21(28)23(30)26-11-5-8-15-6-3-2-4-7-15/h2-4,6-7,9-10,12-13H,11H2,1H3,(H,26,30)(H,27,29). The van der Waals surface area contributed by atoms with Crippen molar-refractivity contribution in [1.29, 1.82) is 0 Å². The molecule has 0 bridgehead atoms. The van der Waals surface area contributed by atoms with E-state index in [0.717, 1.165) is 11.6 Å². The number of halogens is 2. The van der Waals surface area contributed by atoms with Crippen LogP contribution in [0.2, 0.25) is 5.02 Å². The van der Waals surface area contributed by atoms with Crippen molar-refractivity contribution in [2.75, 3.05) is 11.9 Å². The predicted molar refractivity (Wildman–Crippen MR) is 113 cm³/mol. The molecule has 0 aliphatic rings. The monoisotopic (exact) mass is 438 g/mol. The van der Waals surface area contributed by atoms with Crippen LogP contribution in [0.25, 0.3) is 0 Å². The van der Waals surface area contributed by atoms with Crippen molar-refractivity contribution in [3.05, 3.63) is 88.1 Å². The first-order valence-electron chi connectivity index (χ1n) is 9.08. The van der Waals surface area contributed by atoms with Gasteiger partial charge in [-0.05, 0) is 37.3 Å². The molecule has 2 N–H and O–H groups in total. The van der Waals surface area contributed by atoms with Gasteiger partial charge in [0.1, 0.15) is 11.6 Å². The first-order valence-corrected chi connectivity index (χ1v) is 9.46. The number of anilines is 1. The lowest BCUT2D eigenvalue weighted by molar-refractivity contribution is -0.116. The Morgan fingerprint density at radius 2 is 1.84 bits per heavy atom. The molecule has 31 heavy (non-hydrogen) atoms. The summed E-state index contributed by atoms with van der Waals surface area (Å²) in [4.78, 5) is 36.8. The molecule has 1 aromatic heterocycles. The first-order chi connectivity index (χ1) is 14.8. The molecular weight excluding hydrogens is 423 g/mol. The molecule has 0 aliphatic heterocycles. The number of amides is 2. The highest BCUT2D eigenvalue weighted by Crippen LogP contribution is 2.21. The highest BCUT2D eigenvalue weighted by Gasteiger charge is 2.24. The number of ketones is 1. The maximum Gasteiger partial charge on any atom is 0.296 e. The number of Topliss-reactive ketones (excluding diaryl/α,β-unsaturated/α-hetero) is 1. The molecule has 0 saturated carbocycles. The third kappa shape index (κ3) is 5.59. The number of furan rings is 1. The Morgan fingerprint density at radius 1 is 1.10 bits per heavy atom. The summed E-state index contributed by atoms with van der Waals surface area (Å²) < 4.78 is 18.5. The summed E-state index contributed by atoms with van der Waals surface area (Å²) in [5.41, 5.74) is 1.10. The number of hydrogen-bond donors (Lipinski definition) is 2. The molecule has 3 aromatic rings. The Balaban J connectivity index is 1.62. The van der Waals surface area contributed by atoms with E-state index < -0.39 is 23.4 Å². The molecule has 6 nitrogen and oxygen atoms in total. The van der Waals surface area contributed by atoms with E-state index in [1.54, 1.807) is 0 Å². The summed E-state index contributed by atoms with van der Waals surface area (Å²) in [5, 5.41) is 4.77. The van der Waals surface area contributed by atoms with Gasteiger partial charge in [-0.3, -0.25) is 14.4 Å². The van der Waals surface area contributed by atoms with E-state index in [0.29, 0.717) is 0 Å². The number of carbonyl (C=O) groups excluding carboxylic acids is 3. The Kier molecular flexibility index (Phi) is 6.85. The third-order valence-electron chi connectivity index (χ3n) is 4.11. The van der Waals surface area contributed by atoms with Gasteiger partial charge in [-0.2, -0.15) is 0 Å². The second-order valence-corrected chi connectivity index (χ2v) is 6.75. The van der Waals surface area contributed by atoms with Crippen LogP contribution in [-0.4, -0.2) is 24.1 Å². The topological polar surface area (TPSA) is 88.4 Å². The number of rotatable bonds is 5. The first kappa shape index (κ1) is 21.8. The Bertz CT molecular complexity index is 1210.